The Kier molecular flexibility index (Phi) is 7.15. The number of aryl methyl sites for hydroxylation is 1. The smallest absolute Gasteiger partial charge is 0.338 e. The fourth-order valence-electron chi connectivity index (χ4n) is 3.93. The molecule has 3 rings (SSSR count). The van der Waals surface area contributed by atoms with Crippen molar-refractivity contribution in [1.82, 2.24) is 9.21 Å². The van der Waals surface area contributed by atoms with Crippen LogP contribution in [0, 0.1) is 6.92 Å². The van der Waals surface area contributed by atoms with Gasteiger partial charge in [0.15, 0.2) is 6.61 Å². The van der Waals surface area contributed by atoms with E-state index < -0.39 is 16.0 Å². The zero-order valence-corrected chi connectivity index (χ0v) is 18.6. The number of ether oxygens (including phenoxy) is 2. The summed E-state index contributed by atoms with van der Waals surface area (Å²) in [7, 11) is -3.67. The van der Waals surface area contributed by atoms with Gasteiger partial charge in [-0.3, -0.25) is 4.79 Å². The lowest BCUT2D eigenvalue weighted by Crippen LogP contribution is -2.49. The van der Waals surface area contributed by atoms with Crippen molar-refractivity contribution < 1.29 is 27.5 Å². The molecule has 2 unspecified atom stereocenters. The minimum atomic E-state index is -3.67. The molecule has 0 aliphatic carbocycles. The lowest BCUT2D eigenvalue weighted by molar-refractivity contribution is -0.146. The highest BCUT2D eigenvalue weighted by molar-refractivity contribution is 7.89. The predicted octanol–water partition coefficient (Wildman–Crippen LogP) is 1.96. The van der Waals surface area contributed by atoms with Crippen LogP contribution in [-0.2, 0) is 24.3 Å². The van der Waals surface area contributed by atoms with Crippen molar-refractivity contribution in [1.29, 1.82) is 0 Å². The molecule has 2 atom stereocenters. The lowest BCUT2D eigenvalue weighted by Gasteiger charge is -2.35. The summed E-state index contributed by atoms with van der Waals surface area (Å²) in [6.45, 7) is 6.96. The first-order valence-electron chi connectivity index (χ1n) is 10.4. The van der Waals surface area contributed by atoms with E-state index in [1.54, 1.807) is 17.9 Å². The Morgan fingerprint density at radius 3 is 2.37 bits per heavy atom. The summed E-state index contributed by atoms with van der Waals surface area (Å²) in [6.07, 6.45) is 2.54. The van der Waals surface area contributed by atoms with Crippen LogP contribution in [0.4, 0.5) is 0 Å². The monoisotopic (exact) mass is 438 g/mol. The van der Waals surface area contributed by atoms with Crippen molar-refractivity contribution in [2.45, 2.75) is 57.1 Å². The van der Waals surface area contributed by atoms with E-state index in [-0.39, 0.29) is 35.2 Å². The molecule has 0 bridgehead atoms. The average Bonchev–Trinajstić information content (AvgIpc) is 2.71. The van der Waals surface area contributed by atoms with Gasteiger partial charge in [0.05, 0.1) is 22.7 Å². The van der Waals surface area contributed by atoms with Crippen molar-refractivity contribution in [3.63, 3.8) is 0 Å². The SMILES string of the molecule is Cc1ccc(C(=O)OCC(=O)N2CC(C)OC(C)C2)cc1S(=O)(=O)N1CCCCC1. The van der Waals surface area contributed by atoms with Gasteiger partial charge in [0.2, 0.25) is 10.0 Å². The van der Waals surface area contributed by atoms with Gasteiger partial charge in [-0.2, -0.15) is 4.31 Å². The number of hydrogen-bond donors (Lipinski definition) is 0. The fourth-order valence-corrected chi connectivity index (χ4v) is 5.70. The van der Waals surface area contributed by atoms with Crippen LogP contribution in [0.1, 0.15) is 49.0 Å². The molecule has 30 heavy (non-hydrogen) atoms. The third kappa shape index (κ3) is 5.19. The molecular formula is C21H30N2O6S. The molecule has 166 valence electrons. The zero-order valence-electron chi connectivity index (χ0n) is 17.8. The standard InChI is InChI=1S/C21H30N2O6S/c1-15-7-8-18(11-19(15)30(26,27)23-9-5-4-6-10-23)21(25)28-14-20(24)22-12-16(2)29-17(3)13-22/h7-8,11,16-17H,4-6,9-10,12-14H2,1-3H3. The topological polar surface area (TPSA) is 93.2 Å². The minimum Gasteiger partial charge on any atom is -0.452 e. The number of morpholine rings is 1. The quantitative estimate of drug-likeness (QED) is 0.653. The molecule has 1 aromatic rings. The molecule has 2 heterocycles. The van der Waals surface area contributed by atoms with E-state index in [1.807, 2.05) is 13.8 Å². The van der Waals surface area contributed by atoms with Crippen LogP contribution in [0.3, 0.4) is 0 Å². The first-order valence-corrected chi connectivity index (χ1v) is 11.8. The molecule has 0 radical (unpaired) electrons. The molecule has 2 aliphatic heterocycles. The van der Waals surface area contributed by atoms with E-state index in [0.717, 1.165) is 19.3 Å². The summed E-state index contributed by atoms with van der Waals surface area (Å²) in [4.78, 5) is 26.6. The third-order valence-electron chi connectivity index (χ3n) is 5.46. The van der Waals surface area contributed by atoms with Crippen molar-refractivity contribution in [2.75, 3.05) is 32.8 Å². The lowest BCUT2D eigenvalue weighted by atomic mass is 10.1. The molecule has 8 nitrogen and oxygen atoms in total. The Hall–Kier alpha value is -1.97. The van der Waals surface area contributed by atoms with Crippen molar-refractivity contribution in [2.24, 2.45) is 0 Å². The molecular weight excluding hydrogens is 408 g/mol. The maximum atomic E-state index is 13.0. The molecule has 0 N–H and O–H groups in total. The molecule has 1 amide bonds. The van der Waals surface area contributed by atoms with Crippen molar-refractivity contribution in [3.8, 4) is 0 Å². The maximum absolute atomic E-state index is 13.0. The maximum Gasteiger partial charge on any atom is 0.338 e. The Balaban J connectivity index is 1.68. The number of carbonyl (C=O) groups excluding carboxylic acids is 2. The second kappa shape index (κ2) is 9.45. The van der Waals surface area contributed by atoms with Crippen LogP contribution in [0.15, 0.2) is 23.1 Å². The van der Waals surface area contributed by atoms with Gasteiger partial charge >= 0.3 is 5.97 Å². The van der Waals surface area contributed by atoms with Gasteiger partial charge in [0, 0.05) is 26.2 Å². The number of rotatable bonds is 5. The molecule has 1 aromatic carbocycles. The summed E-state index contributed by atoms with van der Waals surface area (Å²) in [5, 5.41) is 0. The number of hydrogen-bond acceptors (Lipinski definition) is 6. The van der Waals surface area contributed by atoms with E-state index in [1.165, 1.54) is 16.4 Å². The highest BCUT2D eigenvalue weighted by atomic mass is 32.2. The van der Waals surface area contributed by atoms with Crippen LogP contribution >= 0.6 is 0 Å². The van der Waals surface area contributed by atoms with E-state index in [2.05, 4.69) is 0 Å². The van der Waals surface area contributed by atoms with Gasteiger partial charge in [-0.15, -0.1) is 0 Å². The Labute approximate surface area is 178 Å². The number of nitrogens with zero attached hydrogens (tertiary/aromatic N) is 2. The summed E-state index contributed by atoms with van der Waals surface area (Å²) in [6, 6.07) is 4.47. The molecule has 2 fully saturated rings. The molecule has 2 aliphatic rings. The highest BCUT2D eigenvalue weighted by Crippen LogP contribution is 2.24. The van der Waals surface area contributed by atoms with Crippen LogP contribution in [-0.4, -0.2) is 74.5 Å². The molecule has 0 aromatic heterocycles. The van der Waals surface area contributed by atoms with Gasteiger partial charge in [0.25, 0.3) is 5.91 Å². The number of amides is 1. The van der Waals surface area contributed by atoms with Gasteiger partial charge in [-0.25, -0.2) is 13.2 Å². The number of benzene rings is 1. The van der Waals surface area contributed by atoms with Crippen LogP contribution in [0.2, 0.25) is 0 Å². The first kappa shape index (κ1) is 22.7. The summed E-state index contributed by atoms with van der Waals surface area (Å²) >= 11 is 0. The van der Waals surface area contributed by atoms with Gasteiger partial charge in [-0.05, 0) is 51.3 Å². The summed E-state index contributed by atoms with van der Waals surface area (Å²) < 4.78 is 38.3. The van der Waals surface area contributed by atoms with Crippen molar-refractivity contribution in [3.05, 3.63) is 29.3 Å². The first-order chi connectivity index (χ1) is 14.2. The molecule has 2 saturated heterocycles. The Morgan fingerprint density at radius 1 is 1.10 bits per heavy atom. The number of piperidine rings is 1. The van der Waals surface area contributed by atoms with E-state index in [9.17, 15) is 18.0 Å². The zero-order chi connectivity index (χ0) is 21.9. The van der Waals surface area contributed by atoms with Crippen molar-refractivity contribution >= 4 is 21.9 Å². The Morgan fingerprint density at radius 2 is 1.73 bits per heavy atom. The van der Waals surface area contributed by atoms with Crippen LogP contribution in [0.25, 0.3) is 0 Å². The van der Waals surface area contributed by atoms with E-state index in [0.29, 0.717) is 31.7 Å². The number of carbonyl (C=O) groups is 2. The Bertz CT molecular complexity index is 885. The molecule has 9 heteroatoms. The minimum absolute atomic E-state index is 0.0759. The van der Waals surface area contributed by atoms with E-state index >= 15 is 0 Å². The van der Waals surface area contributed by atoms with Crippen LogP contribution in [0.5, 0.6) is 0 Å². The van der Waals surface area contributed by atoms with Gasteiger partial charge < -0.3 is 14.4 Å². The summed E-state index contributed by atoms with van der Waals surface area (Å²) in [5.41, 5.74) is 0.692. The van der Waals surface area contributed by atoms with Gasteiger partial charge in [0.1, 0.15) is 0 Å². The third-order valence-corrected chi connectivity index (χ3v) is 7.50. The highest BCUT2D eigenvalue weighted by Gasteiger charge is 2.29. The van der Waals surface area contributed by atoms with Gasteiger partial charge in [-0.1, -0.05) is 12.5 Å². The summed E-state index contributed by atoms with van der Waals surface area (Å²) in [5.74, 6) is -1.01. The molecule has 0 saturated carbocycles. The second-order valence-electron chi connectivity index (χ2n) is 8.08. The second-order valence-corrected chi connectivity index (χ2v) is 9.98. The van der Waals surface area contributed by atoms with Crippen LogP contribution < -0.4 is 0 Å². The number of sulfonamides is 1. The van der Waals surface area contributed by atoms with E-state index in [4.69, 9.17) is 9.47 Å². The average molecular weight is 439 g/mol. The largest absolute Gasteiger partial charge is 0.452 e. The predicted molar refractivity (Wildman–Crippen MR) is 111 cm³/mol. The molecule has 0 spiro atoms. The number of esters is 1. The fraction of sp³-hybridized carbons (Fsp3) is 0.619. The normalized spacial score (nSPS) is 23.2.